The average molecular weight is 482 g/mol. The molecule has 1 aliphatic heterocycles. The summed E-state index contributed by atoms with van der Waals surface area (Å²) >= 11 is 12.0. The molecule has 0 aliphatic carbocycles. The summed E-state index contributed by atoms with van der Waals surface area (Å²) in [5.41, 5.74) is -0.558. The Morgan fingerprint density at radius 1 is 1.34 bits per heavy atom. The number of halogens is 2. The number of ether oxygens (including phenoxy) is 1. The molecule has 0 saturated carbocycles. The van der Waals surface area contributed by atoms with Gasteiger partial charge in [-0.15, -0.1) is 0 Å². The molecule has 1 aliphatic rings. The molecule has 0 bridgehead atoms. The fourth-order valence-electron chi connectivity index (χ4n) is 4.05. The van der Waals surface area contributed by atoms with E-state index in [0.29, 0.717) is 27.7 Å². The third kappa shape index (κ3) is 4.51. The van der Waals surface area contributed by atoms with Gasteiger partial charge in [-0.3, -0.25) is 14.3 Å². The van der Waals surface area contributed by atoms with Crippen LogP contribution >= 0.6 is 23.2 Å². The number of imidazole rings is 1. The first-order valence-electron chi connectivity index (χ1n) is 10.4. The average Bonchev–Trinajstić information content (AvgIpc) is 3.11. The minimum Gasteiger partial charge on any atom is -0.489 e. The first kappa shape index (κ1) is 22.7. The Morgan fingerprint density at radius 2 is 2.12 bits per heavy atom. The summed E-state index contributed by atoms with van der Waals surface area (Å²) < 4.78 is 8.64. The second-order valence-corrected chi connectivity index (χ2v) is 9.09. The normalized spacial score (nSPS) is 17.7. The molecule has 4 rings (SSSR count). The van der Waals surface area contributed by atoms with Crippen LogP contribution < -0.4 is 20.9 Å². The van der Waals surface area contributed by atoms with Gasteiger partial charge in [0.2, 0.25) is 5.95 Å². The molecule has 3 aromatic rings. The molecule has 2 atom stereocenters. The van der Waals surface area contributed by atoms with Gasteiger partial charge < -0.3 is 19.3 Å². The standard InChI is InChI=1S/C21H25Cl2N5O4/c1-12-4-3-7-27(9-12)20-24-18-17(19(30)25-21(31)26(18)2)28(20)10-14(29)11-32-16-6-5-13(22)8-15(16)23/h5-6,8,12,14,29H,3-4,7,9-11H2,1-2H3,(H,25,30,31)/t12-,14+/m1/s1. The zero-order chi connectivity index (χ0) is 23.0. The van der Waals surface area contributed by atoms with Gasteiger partial charge in [-0.2, -0.15) is 4.98 Å². The van der Waals surface area contributed by atoms with E-state index in [2.05, 4.69) is 21.8 Å². The Morgan fingerprint density at radius 3 is 2.84 bits per heavy atom. The molecule has 9 nitrogen and oxygen atoms in total. The van der Waals surface area contributed by atoms with E-state index >= 15 is 0 Å². The Balaban J connectivity index is 1.66. The van der Waals surface area contributed by atoms with E-state index in [4.69, 9.17) is 27.9 Å². The van der Waals surface area contributed by atoms with Gasteiger partial charge in [0, 0.05) is 25.2 Å². The molecule has 32 heavy (non-hydrogen) atoms. The van der Waals surface area contributed by atoms with Gasteiger partial charge in [0.25, 0.3) is 5.56 Å². The number of H-pyrrole nitrogens is 1. The first-order chi connectivity index (χ1) is 15.2. The van der Waals surface area contributed by atoms with Crippen LogP contribution in [0.2, 0.25) is 10.0 Å². The lowest BCUT2D eigenvalue weighted by atomic mass is 10.0. The molecule has 2 N–H and O–H groups in total. The smallest absolute Gasteiger partial charge is 0.329 e. The number of anilines is 1. The summed E-state index contributed by atoms with van der Waals surface area (Å²) in [5, 5.41) is 11.6. The minimum atomic E-state index is -0.961. The van der Waals surface area contributed by atoms with E-state index in [1.54, 1.807) is 29.8 Å². The van der Waals surface area contributed by atoms with Gasteiger partial charge in [-0.1, -0.05) is 30.1 Å². The summed E-state index contributed by atoms with van der Waals surface area (Å²) in [6, 6.07) is 4.84. The SMILES string of the molecule is C[C@@H]1CCCN(c2nc3c(c(=O)[nH]c(=O)n3C)n2C[C@H](O)COc2ccc(Cl)cc2Cl)C1. The number of benzene rings is 1. The number of piperidine rings is 1. The van der Waals surface area contributed by atoms with Crippen LogP contribution in [0.15, 0.2) is 27.8 Å². The first-order valence-corrected chi connectivity index (χ1v) is 11.2. The highest BCUT2D eigenvalue weighted by Gasteiger charge is 2.26. The molecule has 0 unspecified atom stereocenters. The number of aromatic nitrogens is 4. The van der Waals surface area contributed by atoms with Gasteiger partial charge in [-0.25, -0.2) is 4.79 Å². The Bertz CT molecular complexity index is 1250. The Kier molecular flexibility index (Phi) is 6.50. The van der Waals surface area contributed by atoms with Crippen molar-refractivity contribution in [1.29, 1.82) is 0 Å². The Labute approximate surface area is 194 Å². The number of aromatic amines is 1. The van der Waals surface area contributed by atoms with Crippen LogP contribution in [0.5, 0.6) is 5.75 Å². The molecule has 172 valence electrons. The lowest BCUT2D eigenvalue weighted by Gasteiger charge is -2.32. The van der Waals surface area contributed by atoms with E-state index in [0.717, 1.165) is 25.9 Å². The second-order valence-electron chi connectivity index (χ2n) is 8.25. The maximum atomic E-state index is 12.7. The fourth-order valence-corrected chi connectivity index (χ4v) is 4.51. The van der Waals surface area contributed by atoms with Crippen molar-refractivity contribution < 1.29 is 9.84 Å². The number of rotatable bonds is 6. The van der Waals surface area contributed by atoms with Crippen LogP contribution in [0.4, 0.5) is 5.95 Å². The maximum Gasteiger partial charge on any atom is 0.329 e. The highest BCUT2D eigenvalue weighted by molar-refractivity contribution is 6.35. The van der Waals surface area contributed by atoms with E-state index in [1.807, 2.05) is 0 Å². The summed E-state index contributed by atoms with van der Waals surface area (Å²) in [6.07, 6.45) is 1.16. The van der Waals surface area contributed by atoms with Crippen molar-refractivity contribution in [3.63, 3.8) is 0 Å². The zero-order valence-corrected chi connectivity index (χ0v) is 19.4. The van der Waals surface area contributed by atoms with E-state index in [1.165, 1.54) is 4.57 Å². The molecule has 3 heterocycles. The largest absolute Gasteiger partial charge is 0.489 e. The second kappa shape index (κ2) is 9.17. The quantitative estimate of drug-likeness (QED) is 0.559. The summed E-state index contributed by atoms with van der Waals surface area (Å²) in [6.45, 7) is 3.73. The van der Waals surface area contributed by atoms with Gasteiger partial charge in [0.15, 0.2) is 11.2 Å². The molecule has 0 radical (unpaired) electrons. The van der Waals surface area contributed by atoms with Crippen molar-refractivity contribution in [3.8, 4) is 5.75 Å². The van der Waals surface area contributed by atoms with Crippen LogP contribution in [0.3, 0.4) is 0 Å². The maximum absolute atomic E-state index is 12.7. The van der Waals surface area contributed by atoms with Crippen LogP contribution in [0, 0.1) is 5.92 Å². The van der Waals surface area contributed by atoms with Crippen LogP contribution in [-0.4, -0.2) is 50.0 Å². The predicted molar refractivity (Wildman–Crippen MR) is 124 cm³/mol. The number of hydrogen-bond acceptors (Lipinski definition) is 6. The molecule has 1 aromatic carbocycles. The van der Waals surface area contributed by atoms with E-state index < -0.39 is 17.4 Å². The molecule has 1 fully saturated rings. The molecule has 0 spiro atoms. The van der Waals surface area contributed by atoms with Crippen LogP contribution in [-0.2, 0) is 13.6 Å². The predicted octanol–water partition coefficient (Wildman–Crippen LogP) is 2.41. The van der Waals surface area contributed by atoms with Crippen molar-refractivity contribution in [2.45, 2.75) is 32.4 Å². The van der Waals surface area contributed by atoms with Crippen molar-refractivity contribution in [2.24, 2.45) is 13.0 Å². The number of hydrogen-bond donors (Lipinski definition) is 2. The van der Waals surface area contributed by atoms with E-state index in [9.17, 15) is 14.7 Å². The van der Waals surface area contributed by atoms with Crippen LogP contribution in [0.1, 0.15) is 19.8 Å². The number of aryl methyl sites for hydroxylation is 1. The van der Waals surface area contributed by atoms with Gasteiger partial charge >= 0.3 is 5.69 Å². The zero-order valence-electron chi connectivity index (χ0n) is 17.8. The van der Waals surface area contributed by atoms with Crippen LogP contribution in [0.25, 0.3) is 11.2 Å². The molecule has 0 amide bonds. The molecule has 11 heteroatoms. The summed E-state index contributed by atoms with van der Waals surface area (Å²) in [7, 11) is 1.56. The van der Waals surface area contributed by atoms with Crippen molar-refractivity contribution in [2.75, 3.05) is 24.6 Å². The van der Waals surface area contributed by atoms with Gasteiger partial charge in [0.1, 0.15) is 18.5 Å². The highest BCUT2D eigenvalue weighted by Crippen LogP contribution is 2.28. The topological polar surface area (TPSA) is 105 Å². The van der Waals surface area contributed by atoms with Crippen molar-refractivity contribution >= 4 is 40.3 Å². The number of nitrogens with one attached hydrogen (secondary N) is 1. The van der Waals surface area contributed by atoms with Crippen molar-refractivity contribution in [3.05, 3.63) is 49.1 Å². The van der Waals surface area contributed by atoms with E-state index in [-0.39, 0.29) is 24.3 Å². The third-order valence-electron chi connectivity index (χ3n) is 5.65. The summed E-state index contributed by atoms with van der Waals surface area (Å²) in [4.78, 5) is 33.8. The van der Waals surface area contributed by atoms with Gasteiger partial charge in [-0.05, 0) is 37.0 Å². The monoisotopic (exact) mass is 481 g/mol. The Hall–Kier alpha value is -2.49. The highest BCUT2D eigenvalue weighted by atomic mass is 35.5. The minimum absolute atomic E-state index is 0.0550. The summed E-state index contributed by atoms with van der Waals surface area (Å²) in [5.74, 6) is 1.43. The lowest BCUT2D eigenvalue weighted by Crippen LogP contribution is -2.37. The third-order valence-corrected chi connectivity index (χ3v) is 6.18. The fraction of sp³-hybridized carbons (Fsp3) is 0.476. The number of aliphatic hydroxyl groups excluding tert-OH is 1. The molecular formula is C21H25Cl2N5O4. The molecule has 1 saturated heterocycles. The van der Waals surface area contributed by atoms with Crippen molar-refractivity contribution in [1.82, 2.24) is 19.1 Å². The number of nitrogens with zero attached hydrogens (tertiary/aromatic N) is 4. The number of aliphatic hydroxyl groups is 1. The molecular weight excluding hydrogens is 457 g/mol. The number of fused-ring (bicyclic) bond motifs is 1. The lowest BCUT2D eigenvalue weighted by molar-refractivity contribution is 0.0936. The van der Waals surface area contributed by atoms with Gasteiger partial charge in [0.05, 0.1) is 11.6 Å². The molecule has 2 aromatic heterocycles.